The lowest BCUT2D eigenvalue weighted by atomic mass is 10.1. The lowest BCUT2D eigenvalue weighted by Gasteiger charge is -2.15. The third-order valence-corrected chi connectivity index (χ3v) is 5.69. The molecule has 152 valence electrons. The van der Waals surface area contributed by atoms with Crippen molar-refractivity contribution in [2.45, 2.75) is 19.4 Å². The fourth-order valence-corrected chi connectivity index (χ4v) is 4.09. The Bertz CT molecular complexity index is 1130. The smallest absolute Gasteiger partial charge is 0.274 e. The lowest BCUT2D eigenvalue weighted by molar-refractivity contribution is 0.0932. The van der Waals surface area contributed by atoms with Crippen LogP contribution in [-0.4, -0.2) is 33.0 Å². The van der Waals surface area contributed by atoms with Crippen LogP contribution >= 0.6 is 11.3 Å². The van der Waals surface area contributed by atoms with Crippen molar-refractivity contribution in [1.82, 2.24) is 25.3 Å². The number of benzene rings is 1. The molecule has 3 aromatic heterocycles. The van der Waals surface area contributed by atoms with Crippen LogP contribution in [0.15, 0.2) is 66.2 Å². The number of rotatable bonds is 7. The first-order valence-electron chi connectivity index (χ1n) is 9.57. The van der Waals surface area contributed by atoms with Crippen molar-refractivity contribution in [3.05, 3.63) is 76.7 Å². The number of hydrogen-bond acceptors (Lipinski definition) is 6. The summed E-state index contributed by atoms with van der Waals surface area (Å²) < 4.78 is 7.08. The number of aromatic nitrogens is 4. The molecule has 1 N–H and O–H groups in total. The lowest BCUT2D eigenvalue weighted by Crippen LogP contribution is -2.28. The van der Waals surface area contributed by atoms with Crippen LogP contribution in [0.5, 0.6) is 5.75 Å². The largest absolute Gasteiger partial charge is 0.494 e. The molecule has 0 aliphatic carbocycles. The molecule has 0 unspecified atom stereocenters. The summed E-state index contributed by atoms with van der Waals surface area (Å²) in [5.41, 5.74) is 2.01. The SMILES string of the molecule is CC[C@H](NC(=O)c1nnn(-c2ccccc2OC)c1-c1ccccn1)c1cccs1. The third-order valence-electron chi connectivity index (χ3n) is 4.71. The van der Waals surface area contributed by atoms with Gasteiger partial charge in [-0.3, -0.25) is 9.78 Å². The van der Waals surface area contributed by atoms with Gasteiger partial charge in [-0.05, 0) is 42.1 Å². The average Bonchev–Trinajstić information content (AvgIpc) is 3.48. The highest BCUT2D eigenvalue weighted by molar-refractivity contribution is 7.10. The van der Waals surface area contributed by atoms with Crippen molar-refractivity contribution in [3.63, 3.8) is 0 Å². The first-order valence-corrected chi connectivity index (χ1v) is 10.5. The molecule has 0 fully saturated rings. The van der Waals surface area contributed by atoms with Gasteiger partial charge in [-0.2, -0.15) is 0 Å². The van der Waals surface area contributed by atoms with E-state index < -0.39 is 0 Å². The Balaban J connectivity index is 1.79. The van der Waals surface area contributed by atoms with E-state index in [1.165, 1.54) is 0 Å². The Hall–Kier alpha value is -3.52. The fraction of sp³-hybridized carbons (Fsp3) is 0.182. The second kappa shape index (κ2) is 8.87. The number of thiophene rings is 1. The normalized spacial score (nSPS) is 11.8. The molecule has 1 aromatic carbocycles. The van der Waals surface area contributed by atoms with Crippen LogP contribution in [0, 0.1) is 0 Å². The number of nitrogens with zero attached hydrogens (tertiary/aromatic N) is 4. The van der Waals surface area contributed by atoms with Crippen molar-refractivity contribution in [1.29, 1.82) is 0 Å². The maximum absolute atomic E-state index is 13.2. The van der Waals surface area contributed by atoms with E-state index in [9.17, 15) is 4.79 Å². The summed E-state index contributed by atoms with van der Waals surface area (Å²) in [4.78, 5) is 18.8. The zero-order valence-electron chi connectivity index (χ0n) is 16.6. The van der Waals surface area contributed by atoms with E-state index in [1.807, 2.05) is 66.9 Å². The zero-order valence-corrected chi connectivity index (χ0v) is 17.5. The second-order valence-electron chi connectivity index (χ2n) is 6.54. The molecule has 1 amide bonds. The standard InChI is InChI=1S/C22H21N5O2S/c1-3-15(19-12-8-14-30-19)24-22(28)20-21(16-9-6-7-13-23-16)27(26-25-20)17-10-4-5-11-18(17)29-2/h4-15H,3H2,1-2H3,(H,24,28)/t15-/m0/s1. The van der Waals surface area contributed by atoms with E-state index >= 15 is 0 Å². The number of ether oxygens (including phenoxy) is 1. The number of amides is 1. The molecular formula is C22H21N5O2S. The van der Waals surface area contributed by atoms with E-state index in [0.717, 1.165) is 11.3 Å². The molecule has 0 aliphatic heterocycles. The van der Waals surface area contributed by atoms with Crippen LogP contribution in [0.1, 0.15) is 34.8 Å². The van der Waals surface area contributed by atoms with E-state index in [2.05, 4.69) is 20.6 Å². The molecule has 1 atom stereocenters. The predicted molar refractivity (Wildman–Crippen MR) is 116 cm³/mol. The highest BCUT2D eigenvalue weighted by atomic mass is 32.1. The topological polar surface area (TPSA) is 81.9 Å². The first kappa shape index (κ1) is 19.8. The molecule has 4 aromatic rings. The van der Waals surface area contributed by atoms with Crippen LogP contribution in [0.2, 0.25) is 0 Å². The first-order chi connectivity index (χ1) is 14.7. The minimum absolute atomic E-state index is 0.0921. The van der Waals surface area contributed by atoms with Gasteiger partial charge in [-0.1, -0.05) is 36.4 Å². The quantitative estimate of drug-likeness (QED) is 0.483. The summed E-state index contributed by atoms with van der Waals surface area (Å²) in [5.74, 6) is 0.327. The summed E-state index contributed by atoms with van der Waals surface area (Å²) in [7, 11) is 1.59. The second-order valence-corrected chi connectivity index (χ2v) is 7.51. The van der Waals surface area contributed by atoms with Gasteiger partial charge in [-0.25, -0.2) is 4.68 Å². The van der Waals surface area contributed by atoms with Gasteiger partial charge < -0.3 is 10.1 Å². The molecule has 8 heteroatoms. The van der Waals surface area contributed by atoms with Crippen molar-refractivity contribution < 1.29 is 9.53 Å². The fourth-order valence-electron chi connectivity index (χ4n) is 3.23. The van der Waals surface area contributed by atoms with Crippen molar-refractivity contribution in [2.75, 3.05) is 7.11 Å². The van der Waals surface area contributed by atoms with Gasteiger partial charge in [0.2, 0.25) is 0 Å². The maximum atomic E-state index is 13.2. The molecule has 30 heavy (non-hydrogen) atoms. The van der Waals surface area contributed by atoms with Crippen molar-refractivity contribution in [2.24, 2.45) is 0 Å². The number of carbonyl (C=O) groups is 1. The molecule has 0 saturated carbocycles. The van der Waals surface area contributed by atoms with E-state index in [4.69, 9.17) is 4.74 Å². The molecule has 7 nitrogen and oxygen atoms in total. The molecule has 0 saturated heterocycles. The Morgan fingerprint density at radius 2 is 2.00 bits per heavy atom. The molecular weight excluding hydrogens is 398 g/mol. The summed E-state index contributed by atoms with van der Waals surface area (Å²) in [6.45, 7) is 2.04. The number of carbonyl (C=O) groups excluding carboxylic acids is 1. The van der Waals surface area contributed by atoms with Crippen molar-refractivity contribution in [3.8, 4) is 22.8 Å². The highest BCUT2D eigenvalue weighted by Gasteiger charge is 2.26. The summed E-state index contributed by atoms with van der Waals surface area (Å²) in [6.07, 6.45) is 2.45. The van der Waals surface area contributed by atoms with Crippen LogP contribution in [-0.2, 0) is 0 Å². The zero-order chi connectivity index (χ0) is 20.9. The summed E-state index contributed by atoms with van der Waals surface area (Å²) in [5, 5.41) is 13.6. The molecule has 4 rings (SSSR count). The molecule has 0 aliphatic rings. The van der Waals surface area contributed by atoms with Gasteiger partial charge in [0.1, 0.15) is 17.1 Å². The third kappa shape index (κ3) is 3.81. The summed E-state index contributed by atoms with van der Waals surface area (Å²) >= 11 is 1.62. The number of pyridine rings is 1. The number of para-hydroxylation sites is 2. The number of nitrogens with one attached hydrogen (secondary N) is 1. The average molecular weight is 420 g/mol. The van der Waals surface area contributed by atoms with Crippen LogP contribution in [0.3, 0.4) is 0 Å². The summed E-state index contributed by atoms with van der Waals surface area (Å²) in [6, 6.07) is 16.9. The van der Waals surface area contributed by atoms with E-state index in [1.54, 1.807) is 29.3 Å². The van der Waals surface area contributed by atoms with Gasteiger partial charge in [-0.15, -0.1) is 16.4 Å². The Kier molecular flexibility index (Phi) is 5.85. The molecule has 3 heterocycles. The Labute approximate surface area is 178 Å². The van der Waals surface area contributed by atoms with E-state index in [0.29, 0.717) is 22.8 Å². The van der Waals surface area contributed by atoms with Crippen LogP contribution in [0.4, 0.5) is 0 Å². The maximum Gasteiger partial charge on any atom is 0.274 e. The van der Waals surface area contributed by atoms with Crippen LogP contribution < -0.4 is 10.1 Å². The Morgan fingerprint density at radius 1 is 1.17 bits per heavy atom. The Morgan fingerprint density at radius 3 is 2.70 bits per heavy atom. The minimum atomic E-state index is -0.294. The van der Waals surface area contributed by atoms with Gasteiger partial charge in [0, 0.05) is 11.1 Å². The van der Waals surface area contributed by atoms with Gasteiger partial charge in [0.15, 0.2) is 5.69 Å². The van der Waals surface area contributed by atoms with Gasteiger partial charge in [0.05, 0.1) is 18.8 Å². The van der Waals surface area contributed by atoms with Gasteiger partial charge in [0.25, 0.3) is 5.91 Å². The number of hydrogen-bond donors (Lipinski definition) is 1. The molecule has 0 radical (unpaired) electrons. The predicted octanol–water partition coefficient (Wildman–Crippen LogP) is 4.28. The van der Waals surface area contributed by atoms with E-state index in [-0.39, 0.29) is 17.6 Å². The van der Waals surface area contributed by atoms with Gasteiger partial charge >= 0.3 is 0 Å². The van der Waals surface area contributed by atoms with Crippen LogP contribution in [0.25, 0.3) is 17.1 Å². The minimum Gasteiger partial charge on any atom is -0.494 e. The molecule has 0 bridgehead atoms. The highest BCUT2D eigenvalue weighted by Crippen LogP contribution is 2.29. The monoisotopic (exact) mass is 419 g/mol. The number of methoxy groups -OCH3 is 1. The van der Waals surface area contributed by atoms with Crippen molar-refractivity contribution >= 4 is 17.2 Å². The molecule has 0 spiro atoms.